The molecule has 1 N–H and O–H groups in total. The Morgan fingerprint density at radius 2 is 1.95 bits per heavy atom. The van der Waals surface area contributed by atoms with Crippen LogP contribution in [0.15, 0.2) is 59.1 Å². The summed E-state index contributed by atoms with van der Waals surface area (Å²) in [5.41, 5.74) is 1.62. The number of hydrogen-bond donors (Lipinski definition) is 1. The van der Waals surface area contributed by atoms with Gasteiger partial charge in [0.1, 0.15) is 17.7 Å². The lowest BCUT2D eigenvalue weighted by atomic mass is 10.0. The van der Waals surface area contributed by atoms with E-state index in [-0.39, 0.29) is 24.6 Å². The summed E-state index contributed by atoms with van der Waals surface area (Å²) in [5, 5.41) is 4.28. The smallest absolute Gasteiger partial charge is 0.355 e. The fourth-order valence-corrected chi connectivity index (χ4v) is 7.43. The number of nitrogens with zero attached hydrogens (tertiary/aromatic N) is 1. The van der Waals surface area contributed by atoms with E-state index in [1.54, 1.807) is 6.26 Å². The van der Waals surface area contributed by atoms with Crippen LogP contribution in [0.3, 0.4) is 0 Å². The first-order valence-electron chi connectivity index (χ1n) is 11.1. The fraction of sp³-hybridized carbons (Fsp3) is 0.375. The van der Waals surface area contributed by atoms with E-state index in [1.807, 2.05) is 47.8 Å². The predicted molar refractivity (Wildman–Crippen MR) is 150 cm³/mol. The normalized spacial score (nSPS) is 21.4. The lowest BCUT2D eigenvalue weighted by Gasteiger charge is -2.56. The first-order chi connectivity index (χ1) is 17.6. The summed E-state index contributed by atoms with van der Waals surface area (Å²) in [4.78, 5) is 40.6. The zero-order chi connectivity index (χ0) is 26.6. The number of amides is 2. The second-order valence-electron chi connectivity index (χ2n) is 8.20. The van der Waals surface area contributed by atoms with Crippen LogP contribution >= 0.6 is 69.7 Å². The van der Waals surface area contributed by atoms with Gasteiger partial charge in [0.05, 0.1) is 19.6 Å². The number of esters is 1. The fourth-order valence-electron chi connectivity index (χ4n) is 3.95. The highest BCUT2D eigenvalue weighted by Crippen LogP contribution is 2.51. The van der Waals surface area contributed by atoms with Gasteiger partial charge in [0.2, 0.25) is 9.70 Å². The summed E-state index contributed by atoms with van der Waals surface area (Å²) in [6, 6.07) is 13.3. The molecule has 0 bridgehead atoms. The van der Waals surface area contributed by atoms with Gasteiger partial charge >= 0.3 is 5.97 Å². The third-order valence-electron chi connectivity index (χ3n) is 5.62. The van der Waals surface area contributed by atoms with Gasteiger partial charge in [0.15, 0.2) is 4.87 Å². The highest BCUT2D eigenvalue weighted by Gasteiger charge is 2.65. The maximum absolute atomic E-state index is 13.6. The summed E-state index contributed by atoms with van der Waals surface area (Å²) >= 11 is 21.5. The zero-order valence-corrected chi connectivity index (χ0v) is 24.3. The molecule has 1 aromatic heterocycles. The molecule has 1 fully saturated rings. The van der Waals surface area contributed by atoms with Crippen molar-refractivity contribution < 1.29 is 23.9 Å². The van der Waals surface area contributed by atoms with Crippen LogP contribution in [0.25, 0.3) is 0 Å². The van der Waals surface area contributed by atoms with E-state index in [1.165, 1.54) is 39.8 Å². The van der Waals surface area contributed by atoms with Crippen molar-refractivity contribution in [2.45, 2.75) is 27.1 Å². The van der Waals surface area contributed by atoms with Crippen molar-refractivity contribution in [3.8, 4) is 0 Å². The van der Waals surface area contributed by atoms with Gasteiger partial charge in [-0.1, -0.05) is 71.2 Å². The van der Waals surface area contributed by atoms with E-state index >= 15 is 0 Å². The average Bonchev–Trinajstić information content (AvgIpc) is 3.38. The Morgan fingerprint density at radius 1 is 1.19 bits per heavy atom. The van der Waals surface area contributed by atoms with Crippen molar-refractivity contribution in [2.75, 3.05) is 25.2 Å². The topological polar surface area (TPSA) is 84.9 Å². The molecular weight excluding hydrogens is 599 g/mol. The number of benzene rings is 1. The molecule has 0 radical (unpaired) electrons. The Balaban J connectivity index is 1.54. The number of ether oxygens (including phenoxy) is 2. The average molecular weight is 622 g/mol. The molecule has 1 saturated heterocycles. The van der Waals surface area contributed by atoms with Crippen LogP contribution in [0.5, 0.6) is 0 Å². The summed E-state index contributed by atoms with van der Waals surface area (Å²) < 4.78 is 9.31. The molecule has 7 nitrogen and oxygen atoms in total. The van der Waals surface area contributed by atoms with E-state index in [2.05, 4.69) is 5.32 Å². The van der Waals surface area contributed by atoms with Crippen LogP contribution in [0, 0.1) is 0 Å². The van der Waals surface area contributed by atoms with Crippen molar-refractivity contribution >= 4 is 87.4 Å². The number of nitrogens with one attached hydrogen (secondary N) is 1. The minimum absolute atomic E-state index is 0.0632. The molecular formula is C24H23Cl3N2O5S3. The second-order valence-corrected chi connectivity index (χ2v) is 13.9. The highest BCUT2D eigenvalue weighted by atomic mass is 35.6. The van der Waals surface area contributed by atoms with Crippen molar-refractivity contribution in [1.29, 1.82) is 0 Å². The van der Waals surface area contributed by atoms with Gasteiger partial charge in [-0.2, -0.15) is 0 Å². The molecule has 0 spiro atoms. The third kappa shape index (κ3) is 6.61. The summed E-state index contributed by atoms with van der Waals surface area (Å²) in [6.07, 6.45) is 1.92. The monoisotopic (exact) mass is 620 g/mol. The van der Waals surface area contributed by atoms with E-state index in [4.69, 9.17) is 44.3 Å². The summed E-state index contributed by atoms with van der Waals surface area (Å²) in [5.74, 6) is -1.09. The largest absolute Gasteiger partial charge is 0.456 e. The number of β-lactam (4-membered cyclic amide) rings is 1. The molecule has 37 heavy (non-hydrogen) atoms. The zero-order valence-electron chi connectivity index (χ0n) is 19.6. The molecule has 2 amide bonds. The van der Waals surface area contributed by atoms with E-state index in [0.717, 1.165) is 10.4 Å². The molecule has 2 aliphatic rings. The third-order valence-corrected chi connectivity index (χ3v) is 9.51. The first-order valence-corrected chi connectivity index (χ1v) is 15.3. The standard InChI is InChI=1S/C24H23Cl3N2O5S3/c1-35-24(28-18(30)10-17-8-5-9-36-17)21(32)29-19(20(31)34-14-23(25,26)27)16(13-37-22(24)29)12-33-11-15-6-3-2-4-7-15/h2-9,22H,10-14H2,1H3,(H,28,30)/t22-,24?/m0/s1. The Bertz CT molecular complexity index is 1170. The maximum Gasteiger partial charge on any atom is 0.355 e. The first kappa shape index (κ1) is 28.6. The predicted octanol–water partition coefficient (Wildman–Crippen LogP) is 4.77. The Morgan fingerprint density at radius 3 is 2.59 bits per heavy atom. The maximum atomic E-state index is 13.6. The van der Waals surface area contributed by atoms with Gasteiger partial charge in [-0.15, -0.1) is 34.9 Å². The van der Waals surface area contributed by atoms with Crippen molar-refractivity contribution in [2.24, 2.45) is 0 Å². The van der Waals surface area contributed by atoms with Crippen LogP contribution in [0.1, 0.15) is 10.4 Å². The summed E-state index contributed by atoms with van der Waals surface area (Å²) in [6.45, 7) is -0.0484. The highest BCUT2D eigenvalue weighted by molar-refractivity contribution is 8.05. The molecule has 1 aromatic carbocycles. The Hall–Kier alpha value is -1.40. The number of carbonyl (C=O) groups is 3. The molecule has 2 atom stereocenters. The van der Waals surface area contributed by atoms with Gasteiger partial charge < -0.3 is 14.8 Å². The second kappa shape index (κ2) is 12.2. The van der Waals surface area contributed by atoms with Crippen LogP contribution in [0.4, 0.5) is 0 Å². The lowest BCUT2D eigenvalue weighted by molar-refractivity contribution is -0.154. The molecule has 13 heteroatoms. The minimum Gasteiger partial charge on any atom is -0.456 e. The molecule has 198 valence electrons. The van der Waals surface area contributed by atoms with Crippen LogP contribution in [-0.4, -0.2) is 61.9 Å². The minimum atomic E-state index is -1.80. The SMILES string of the molecule is CSC1(NC(=O)Cc2cccs2)C(=O)N2C(C(=O)OCC(Cl)(Cl)Cl)=C(COCc3ccccc3)CS[C@H]21. The van der Waals surface area contributed by atoms with Gasteiger partial charge in [0.25, 0.3) is 5.91 Å². The molecule has 2 aromatic rings. The molecule has 2 aliphatic heterocycles. The number of alkyl halides is 3. The van der Waals surface area contributed by atoms with Gasteiger partial charge in [-0.3, -0.25) is 14.5 Å². The lowest BCUT2D eigenvalue weighted by Crippen LogP contribution is -2.78. The van der Waals surface area contributed by atoms with Gasteiger partial charge in [-0.25, -0.2) is 4.79 Å². The molecule has 1 unspecified atom stereocenters. The van der Waals surface area contributed by atoms with Gasteiger partial charge in [-0.05, 0) is 28.8 Å². The van der Waals surface area contributed by atoms with Crippen molar-refractivity contribution in [3.63, 3.8) is 0 Å². The van der Waals surface area contributed by atoms with Crippen LogP contribution in [0.2, 0.25) is 0 Å². The van der Waals surface area contributed by atoms with E-state index in [9.17, 15) is 14.4 Å². The number of hydrogen-bond acceptors (Lipinski definition) is 8. The van der Waals surface area contributed by atoms with Crippen molar-refractivity contribution in [3.05, 3.63) is 69.6 Å². The molecule has 0 saturated carbocycles. The van der Waals surface area contributed by atoms with Crippen molar-refractivity contribution in [1.82, 2.24) is 10.2 Å². The number of thiophene rings is 1. The van der Waals surface area contributed by atoms with Gasteiger partial charge in [0, 0.05) is 10.6 Å². The Labute approximate surface area is 242 Å². The Kier molecular flexibility index (Phi) is 9.43. The molecule has 4 rings (SSSR count). The number of rotatable bonds is 10. The number of carbonyl (C=O) groups excluding carboxylic acids is 3. The molecule has 0 aliphatic carbocycles. The van der Waals surface area contributed by atoms with Crippen LogP contribution in [-0.2, 0) is 36.9 Å². The quantitative estimate of drug-likeness (QED) is 0.177. The summed E-state index contributed by atoms with van der Waals surface area (Å²) in [7, 11) is 0. The number of fused-ring (bicyclic) bond motifs is 1. The molecule has 3 heterocycles. The number of thioether (sulfide) groups is 2. The van der Waals surface area contributed by atoms with Crippen LogP contribution < -0.4 is 5.32 Å². The van der Waals surface area contributed by atoms with E-state index < -0.39 is 32.5 Å². The van der Waals surface area contributed by atoms with E-state index in [0.29, 0.717) is 17.9 Å². The number of halogens is 3.